The number of halogens is 3. The van der Waals surface area contributed by atoms with Gasteiger partial charge in [-0.3, -0.25) is 4.79 Å². The minimum atomic E-state index is -0.998. The molecule has 0 spiro atoms. The van der Waals surface area contributed by atoms with Crippen LogP contribution < -0.4 is 5.56 Å². The van der Waals surface area contributed by atoms with E-state index >= 15 is 0 Å². The van der Waals surface area contributed by atoms with Gasteiger partial charge >= 0.3 is 0 Å². The molecule has 0 amide bonds. The first kappa shape index (κ1) is 19.8. The predicted octanol–water partition coefficient (Wildman–Crippen LogP) is 3.95. The number of fused-ring (bicyclic) bond motifs is 1. The number of rotatable bonds is 5. The van der Waals surface area contributed by atoms with E-state index in [2.05, 4.69) is 4.98 Å². The van der Waals surface area contributed by atoms with Gasteiger partial charge in [0.15, 0.2) is 0 Å². The standard InChI is InChI=1S/C23H17F3N2O2/c24-17-9-20(25)19(21(26)10-17)11-28-13-27-23(30)18-8-16(5-6-22(18)28)7-14-1-3-15(12-29)4-2-14/h1-6,8-10,13,29H,7,11-12H2. The SMILES string of the molecule is O=c1ncn(Cc2c(F)cc(F)cc2F)c2ccc(Cc3ccc(CO)cc3)cc12. The summed E-state index contributed by atoms with van der Waals surface area (Å²) >= 11 is 0. The van der Waals surface area contributed by atoms with E-state index in [0.717, 1.165) is 16.7 Å². The van der Waals surface area contributed by atoms with Crippen molar-refractivity contribution in [3.05, 3.63) is 111 Å². The number of benzene rings is 3. The Morgan fingerprint density at radius 2 is 1.50 bits per heavy atom. The summed E-state index contributed by atoms with van der Waals surface area (Å²) in [5.74, 6) is -2.99. The molecule has 7 heteroatoms. The van der Waals surface area contributed by atoms with Crippen molar-refractivity contribution in [2.75, 3.05) is 0 Å². The van der Waals surface area contributed by atoms with Gasteiger partial charge in [0.05, 0.1) is 30.4 Å². The van der Waals surface area contributed by atoms with Gasteiger partial charge in [-0.1, -0.05) is 30.3 Å². The molecule has 30 heavy (non-hydrogen) atoms. The Balaban J connectivity index is 1.70. The van der Waals surface area contributed by atoms with Crippen molar-refractivity contribution in [2.45, 2.75) is 19.6 Å². The molecule has 0 aliphatic heterocycles. The molecule has 4 rings (SSSR count). The highest BCUT2D eigenvalue weighted by Crippen LogP contribution is 2.20. The molecule has 152 valence electrons. The number of aromatic nitrogens is 2. The lowest BCUT2D eigenvalue weighted by atomic mass is 10.0. The number of hydrogen-bond acceptors (Lipinski definition) is 3. The third-order valence-corrected chi connectivity index (χ3v) is 4.96. The van der Waals surface area contributed by atoms with Gasteiger partial charge in [0.1, 0.15) is 17.5 Å². The molecule has 0 saturated carbocycles. The van der Waals surface area contributed by atoms with E-state index in [0.29, 0.717) is 29.5 Å². The fourth-order valence-electron chi connectivity index (χ4n) is 3.39. The zero-order valence-corrected chi connectivity index (χ0v) is 15.8. The summed E-state index contributed by atoms with van der Waals surface area (Å²) in [6.45, 7) is -0.263. The lowest BCUT2D eigenvalue weighted by Crippen LogP contribution is -2.14. The van der Waals surface area contributed by atoms with Crippen LogP contribution in [0.1, 0.15) is 22.3 Å². The van der Waals surface area contributed by atoms with E-state index < -0.39 is 23.0 Å². The molecule has 4 aromatic rings. The van der Waals surface area contributed by atoms with Gasteiger partial charge in [0.25, 0.3) is 5.56 Å². The molecule has 4 nitrogen and oxygen atoms in total. The summed E-state index contributed by atoms with van der Waals surface area (Å²) in [7, 11) is 0. The topological polar surface area (TPSA) is 55.1 Å². The number of hydrogen-bond donors (Lipinski definition) is 1. The Bertz CT molecular complexity index is 1260. The molecular weight excluding hydrogens is 393 g/mol. The number of nitrogens with zero attached hydrogens (tertiary/aromatic N) is 2. The lowest BCUT2D eigenvalue weighted by Gasteiger charge is -2.13. The molecule has 0 aliphatic rings. The van der Waals surface area contributed by atoms with E-state index in [-0.39, 0.29) is 18.7 Å². The number of aliphatic hydroxyl groups excluding tert-OH is 1. The lowest BCUT2D eigenvalue weighted by molar-refractivity contribution is 0.282. The summed E-state index contributed by atoms with van der Waals surface area (Å²) in [5.41, 5.74) is 2.40. The van der Waals surface area contributed by atoms with Crippen molar-refractivity contribution >= 4 is 10.9 Å². The van der Waals surface area contributed by atoms with Crippen molar-refractivity contribution in [2.24, 2.45) is 0 Å². The highest BCUT2D eigenvalue weighted by Gasteiger charge is 2.14. The van der Waals surface area contributed by atoms with Crippen LogP contribution in [0, 0.1) is 17.5 Å². The van der Waals surface area contributed by atoms with Crippen LogP contribution >= 0.6 is 0 Å². The zero-order valence-electron chi connectivity index (χ0n) is 15.8. The molecule has 0 unspecified atom stereocenters. The molecule has 0 radical (unpaired) electrons. The fraction of sp³-hybridized carbons (Fsp3) is 0.130. The molecule has 1 aromatic heterocycles. The molecule has 1 N–H and O–H groups in total. The Kier molecular flexibility index (Phi) is 5.37. The Morgan fingerprint density at radius 1 is 0.867 bits per heavy atom. The Labute approximate surface area is 169 Å². The highest BCUT2D eigenvalue weighted by molar-refractivity contribution is 5.79. The number of aliphatic hydroxyl groups is 1. The van der Waals surface area contributed by atoms with Crippen LogP contribution in [-0.4, -0.2) is 14.7 Å². The van der Waals surface area contributed by atoms with Crippen LogP contribution in [-0.2, 0) is 19.6 Å². The van der Waals surface area contributed by atoms with Crippen LogP contribution in [0.15, 0.2) is 65.7 Å². The van der Waals surface area contributed by atoms with E-state index in [1.807, 2.05) is 30.3 Å². The normalized spacial score (nSPS) is 11.2. The van der Waals surface area contributed by atoms with Gasteiger partial charge in [0, 0.05) is 17.7 Å². The minimum absolute atomic E-state index is 0.0310. The quantitative estimate of drug-likeness (QED) is 0.542. The summed E-state index contributed by atoms with van der Waals surface area (Å²) in [5, 5.41) is 9.46. The van der Waals surface area contributed by atoms with Crippen molar-refractivity contribution in [3.63, 3.8) is 0 Å². The van der Waals surface area contributed by atoms with Gasteiger partial charge in [-0.05, 0) is 35.2 Å². The van der Waals surface area contributed by atoms with Crippen LogP contribution in [0.3, 0.4) is 0 Å². The Hall–Kier alpha value is -3.45. The van der Waals surface area contributed by atoms with E-state index in [9.17, 15) is 18.0 Å². The van der Waals surface area contributed by atoms with Gasteiger partial charge < -0.3 is 9.67 Å². The predicted molar refractivity (Wildman–Crippen MR) is 107 cm³/mol. The van der Waals surface area contributed by atoms with Gasteiger partial charge in [0.2, 0.25) is 0 Å². The van der Waals surface area contributed by atoms with Gasteiger partial charge in [-0.2, -0.15) is 4.98 Å². The molecule has 3 aromatic carbocycles. The van der Waals surface area contributed by atoms with Crippen LogP contribution in [0.25, 0.3) is 10.9 Å². The average molecular weight is 410 g/mol. The largest absolute Gasteiger partial charge is 0.392 e. The first-order valence-corrected chi connectivity index (χ1v) is 9.25. The molecule has 0 aliphatic carbocycles. The first-order chi connectivity index (χ1) is 14.4. The highest BCUT2D eigenvalue weighted by atomic mass is 19.1. The minimum Gasteiger partial charge on any atom is -0.392 e. The molecule has 0 fully saturated rings. The van der Waals surface area contributed by atoms with Crippen molar-refractivity contribution in [3.8, 4) is 0 Å². The van der Waals surface area contributed by atoms with E-state index in [1.165, 1.54) is 10.9 Å². The second-order valence-corrected chi connectivity index (χ2v) is 7.03. The summed E-state index contributed by atoms with van der Waals surface area (Å²) in [6, 6.07) is 13.9. The van der Waals surface area contributed by atoms with E-state index in [1.54, 1.807) is 12.1 Å². The molecule has 1 heterocycles. The first-order valence-electron chi connectivity index (χ1n) is 9.25. The van der Waals surface area contributed by atoms with Crippen molar-refractivity contribution < 1.29 is 18.3 Å². The molecular formula is C23H17F3N2O2. The summed E-state index contributed by atoms with van der Waals surface area (Å²) in [6.07, 6.45) is 1.79. The average Bonchev–Trinajstić information content (AvgIpc) is 2.73. The van der Waals surface area contributed by atoms with Crippen molar-refractivity contribution in [1.29, 1.82) is 0 Å². The maximum Gasteiger partial charge on any atom is 0.280 e. The van der Waals surface area contributed by atoms with Crippen LogP contribution in [0.4, 0.5) is 13.2 Å². The summed E-state index contributed by atoms with van der Waals surface area (Å²) in [4.78, 5) is 16.1. The smallest absolute Gasteiger partial charge is 0.280 e. The molecule has 0 saturated heterocycles. The fourth-order valence-corrected chi connectivity index (χ4v) is 3.39. The second kappa shape index (κ2) is 8.12. The maximum absolute atomic E-state index is 14.0. The third-order valence-electron chi connectivity index (χ3n) is 4.96. The monoisotopic (exact) mass is 410 g/mol. The Morgan fingerprint density at radius 3 is 2.17 bits per heavy atom. The van der Waals surface area contributed by atoms with E-state index in [4.69, 9.17) is 5.11 Å². The van der Waals surface area contributed by atoms with Gasteiger partial charge in [-0.15, -0.1) is 0 Å². The maximum atomic E-state index is 14.0. The van der Waals surface area contributed by atoms with Crippen LogP contribution in [0.2, 0.25) is 0 Å². The van der Waals surface area contributed by atoms with Crippen LogP contribution in [0.5, 0.6) is 0 Å². The summed E-state index contributed by atoms with van der Waals surface area (Å²) < 4.78 is 42.7. The van der Waals surface area contributed by atoms with Gasteiger partial charge in [-0.25, -0.2) is 13.2 Å². The molecule has 0 atom stereocenters. The molecule has 0 bridgehead atoms. The third kappa shape index (κ3) is 3.97. The second-order valence-electron chi connectivity index (χ2n) is 7.03. The zero-order chi connectivity index (χ0) is 21.3. The van der Waals surface area contributed by atoms with Crippen molar-refractivity contribution in [1.82, 2.24) is 9.55 Å².